The van der Waals surface area contributed by atoms with Gasteiger partial charge in [0.05, 0.1) is 12.8 Å². The molecule has 0 bridgehead atoms. The van der Waals surface area contributed by atoms with E-state index in [1.165, 1.54) is 0 Å². The fourth-order valence-electron chi connectivity index (χ4n) is 1.03. The molecule has 0 saturated heterocycles. The van der Waals surface area contributed by atoms with Gasteiger partial charge in [-0.1, -0.05) is 0 Å². The summed E-state index contributed by atoms with van der Waals surface area (Å²) in [6.45, 7) is 0. The van der Waals surface area contributed by atoms with E-state index in [0.717, 1.165) is 0 Å². The van der Waals surface area contributed by atoms with Gasteiger partial charge in [0.1, 0.15) is 0 Å². The second-order valence-electron chi connectivity index (χ2n) is 3.02. The Kier molecular flexibility index (Phi) is 4.78. The van der Waals surface area contributed by atoms with Gasteiger partial charge in [0.2, 0.25) is 0 Å². The third-order valence-electron chi connectivity index (χ3n) is 1.56. The van der Waals surface area contributed by atoms with E-state index in [1.807, 2.05) is 0 Å². The minimum atomic E-state index is -5.36. The van der Waals surface area contributed by atoms with Crippen molar-refractivity contribution in [1.29, 1.82) is 0 Å². The monoisotopic (exact) mass is 272 g/mol. The summed E-state index contributed by atoms with van der Waals surface area (Å²) in [5, 5.41) is 25.5. The maximum atomic E-state index is 10.8. The van der Waals surface area contributed by atoms with Crippen LogP contribution >= 0.6 is 7.82 Å². The number of hydrogen-bond donors (Lipinski definition) is 5. The van der Waals surface area contributed by atoms with Gasteiger partial charge in [0.25, 0.3) is 0 Å². The van der Waals surface area contributed by atoms with Gasteiger partial charge in [0.15, 0.2) is 5.60 Å². The molecule has 0 saturated carbocycles. The number of carboxylic acid groups (broad SMARTS) is 3. The molecular weight excluding hydrogens is 263 g/mol. The predicted molar refractivity (Wildman–Crippen MR) is 48.0 cm³/mol. The molecule has 0 spiro atoms. The Morgan fingerprint density at radius 2 is 1.35 bits per heavy atom. The van der Waals surface area contributed by atoms with Crippen molar-refractivity contribution in [2.24, 2.45) is 0 Å². The summed E-state index contributed by atoms with van der Waals surface area (Å²) in [7, 11) is -5.36. The van der Waals surface area contributed by atoms with E-state index in [4.69, 9.17) is 25.1 Å². The molecule has 98 valence electrons. The largest absolute Gasteiger partial charge is 0.481 e. The Morgan fingerprint density at radius 3 is 1.53 bits per heavy atom. The lowest BCUT2D eigenvalue weighted by Crippen LogP contribution is -2.44. The molecule has 0 rings (SSSR count). The molecule has 0 aliphatic heterocycles. The van der Waals surface area contributed by atoms with Crippen LogP contribution in [0.4, 0.5) is 0 Å². The molecule has 0 amide bonds. The third kappa shape index (κ3) is 5.41. The van der Waals surface area contributed by atoms with E-state index in [1.54, 1.807) is 0 Å². The minimum absolute atomic E-state index is 1.40. The Morgan fingerprint density at radius 1 is 1.00 bits per heavy atom. The molecule has 0 radical (unpaired) electrons. The van der Waals surface area contributed by atoms with Crippen LogP contribution in [0.25, 0.3) is 0 Å². The predicted octanol–water partition coefficient (Wildman–Crippen LogP) is -1.13. The number of rotatable bonds is 7. The quantitative estimate of drug-likeness (QED) is 0.356. The molecule has 0 fully saturated rings. The SMILES string of the molecule is O=C(O)CC(CC(=O)O)(OP(=O)(O)O)C(=O)O. The van der Waals surface area contributed by atoms with E-state index in [9.17, 15) is 18.9 Å². The molecule has 11 heteroatoms. The summed E-state index contributed by atoms with van der Waals surface area (Å²) < 4.78 is 14.4. The lowest BCUT2D eigenvalue weighted by atomic mass is 9.96. The summed E-state index contributed by atoms with van der Waals surface area (Å²) in [5.74, 6) is -5.64. The Balaban J connectivity index is 5.38. The minimum Gasteiger partial charge on any atom is -0.481 e. The van der Waals surface area contributed by atoms with Crippen LogP contribution in [0.3, 0.4) is 0 Å². The van der Waals surface area contributed by atoms with Crippen molar-refractivity contribution in [2.45, 2.75) is 18.4 Å². The average Bonchev–Trinajstić information content (AvgIpc) is 1.96. The number of aliphatic carboxylic acids is 3. The van der Waals surface area contributed by atoms with Crippen molar-refractivity contribution in [3.8, 4) is 0 Å². The van der Waals surface area contributed by atoms with Gasteiger partial charge in [-0.3, -0.25) is 14.1 Å². The van der Waals surface area contributed by atoms with Gasteiger partial charge in [-0.25, -0.2) is 9.36 Å². The van der Waals surface area contributed by atoms with Crippen LogP contribution in [0.5, 0.6) is 0 Å². The zero-order chi connectivity index (χ0) is 13.9. The normalized spacial score (nSPS) is 12.1. The van der Waals surface area contributed by atoms with Crippen LogP contribution in [0.15, 0.2) is 0 Å². The maximum Gasteiger partial charge on any atom is 0.470 e. The van der Waals surface area contributed by atoms with E-state index >= 15 is 0 Å². The topological polar surface area (TPSA) is 179 Å². The fraction of sp³-hybridized carbons (Fsp3) is 0.500. The first-order chi connectivity index (χ1) is 7.48. The Labute approximate surface area is 93.7 Å². The number of carbonyl (C=O) groups is 3. The van der Waals surface area contributed by atoms with Crippen LogP contribution < -0.4 is 0 Å². The standard InChI is InChI=1S/C6H9O10P/c7-3(8)1-6(5(11)12,2-4(9)10)16-17(13,14)15/h1-2H2,(H,7,8)(H,9,10)(H,11,12)(H2,13,14,15). The molecule has 0 aromatic heterocycles. The first kappa shape index (κ1) is 15.5. The van der Waals surface area contributed by atoms with E-state index in [-0.39, 0.29) is 0 Å². The van der Waals surface area contributed by atoms with Crippen molar-refractivity contribution in [3.63, 3.8) is 0 Å². The summed E-state index contributed by atoms with van der Waals surface area (Å²) >= 11 is 0. The van der Waals surface area contributed by atoms with Gasteiger partial charge in [0, 0.05) is 0 Å². The molecular formula is C6H9O10P. The number of hydrogen-bond acceptors (Lipinski definition) is 5. The lowest BCUT2D eigenvalue weighted by molar-refractivity contribution is -0.168. The van der Waals surface area contributed by atoms with Gasteiger partial charge in [-0.15, -0.1) is 0 Å². The van der Waals surface area contributed by atoms with Crippen LogP contribution in [0.2, 0.25) is 0 Å². The highest BCUT2D eigenvalue weighted by atomic mass is 31.2. The van der Waals surface area contributed by atoms with E-state index in [2.05, 4.69) is 4.52 Å². The number of phosphoric acid groups is 1. The molecule has 10 nitrogen and oxygen atoms in total. The molecule has 0 aliphatic rings. The van der Waals surface area contributed by atoms with Gasteiger partial charge >= 0.3 is 25.7 Å². The number of phosphoric ester groups is 1. The Hall–Kier alpha value is -1.48. The van der Waals surface area contributed by atoms with Crippen molar-refractivity contribution in [1.82, 2.24) is 0 Å². The van der Waals surface area contributed by atoms with Crippen molar-refractivity contribution in [3.05, 3.63) is 0 Å². The summed E-state index contributed by atoms with van der Waals surface area (Å²) in [4.78, 5) is 48.5. The van der Waals surface area contributed by atoms with Gasteiger partial charge < -0.3 is 25.1 Å². The van der Waals surface area contributed by atoms with Gasteiger partial charge in [-0.2, -0.15) is 0 Å². The summed E-state index contributed by atoms with van der Waals surface area (Å²) in [5.41, 5.74) is -3.02. The Bertz CT molecular complexity index is 364. The molecule has 0 aromatic rings. The van der Waals surface area contributed by atoms with E-state index < -0.39 is 44.2 Å². The van der Waals surface area contributed by atoms with Crippen LogP contribution in [-0.2, 0) is 23.5 Å². The first-order valence-corrected chi connectivity index (χ1v) is 5.45. The van der Waals surface area contributed by atoms with Crippen molar-refractivity contribution in [2.75, 3.05) is 0 Å². The third-order valence-corrected chi connectivity index (χ3v) is 2.14. The van der Waals surface area contributed by atoms with Crippen LogP contribution in [-0.4, -0.2) is 48.6 Å². The summed E-state index contributed by atoms with van der Waals surface area (Å²) in [6, 6.07) is 0. The second kappa shape index (κ2) is 5.23. The molecule has 0 heterocycles. The molecule has 0 atom stereocenters. The van der Waals surface area contributed by atoms with Crippen molar-refractivity contribution >= 4 is 25.7 Å². The summed E-state index contributed by atoms with van der Waals surface area (Å²) in [6.07, 6.45) is -2.81. The van der Waals surface area contributed by atoms with Gasteiger partial charge in [-0.05, 0) is 0 Å². The fourth-order valence-corrected chi connectivity index (χ4v) is 1.70. The highest BCUT2D eigenvalue weighted by Gasteiger charge is 2.49. The zero-order valence-corrected chi connectivity index (χ0v) is 9.03. The average molecular weight is 272 g/mol. The number of carboxylic acids is 3. The molecule has 5 N–H and O–H groups in total. The lowest BCUT2D eigenvalue weighted by Gasteiger charge is -2.26. The van der Waals surface area contributed by atoms with Crippen molar-refractivity contribution < 1.29 is 48.6 Å². The highest BCUT2D eigenvalue weighted by molar-refractivity contribution is 7.46. The smallest absolute Gasteiger partial charge is 0.470 e. The van der Waals surface area contributed by atoms with Crippen LogP contribution in [0, 0.1) is 0 Å². The molecule has 0 aromatic carbocycles. The van der Waals surface area contributed by atoms with E-state index in [0.29, 0.717) is 0 Å². The molecule has 0 aliphatic carbocycles. The van der Waals surface area contributed by atoms with Crippen LogP contribution in [0.1, 0.15) is 12.8 Å². The molecule has 0 unspecified atom stereocenters. The second-order valence-corrected chi connectivity index (χ2v) is 4.19. The zero-order valence-electron chi connectivity index (χ0n) is 8.14. The first-order valence-electron chi connectivity index (χ1n) is 3.92. The maximum absolute atomic E-state index is 10.8. The molecule has 17 heavy (non-hydrogen) atoms. The highest BCUT2D eigenvalue weighted by Crippen LogP contribution is 2.44.